The second-order valence-corrected chi connectivity index (χ2v) is 8.20. The minimum Gasteiger partial charge on any atom is -0.490 e. The van der Waals surface area contributed by atoms with E-state index in [1.165, 1.54) is 12.0 Å². The van der Waals surface area contributed by atoms with Crippen molar-refractivity contribution in [1.82, 2.24) is 15.1 Å². The molecule has 0 radical (unpaired) electrons. The SMILES string of the molecule is O=C1N2[C@@H](CC[C@H]2c2ccccc2)OC12CC(Oc1cccc(-c3nnco3)c1)C2. The third-order valence-electron chi connectivity index (χ3n) is 6.36. The molecular weight excluding hydrogens is 382 g/mol. The summed E-state index contributed by atoms with van der Waals surface area (Å²) in [5.74, 6) is 1.28. The second kappa shape index (κ2) is 6.67. The number of ether oxygens (including phenoxy) is 2. The lowest BCUT2D eigenvalue weighted by Crippen LogP contribution is -2.55. The summed E-state index contributed by atoms with van der Waals surface area (Å²) < 4.78 is 17.7. The van der Waals surface area contributed by atoms with E-state index in [2.05, 4.69) is 22.3 Å². The minimum absolute atomic E-state index is 0.0536. The molecule has 2 aromatic carbocycles. The average molecular weight is 403 g/mol. The standard InChI is InChI=1S/C23H21N3O4/c27-22-23(30-20-10-9-19(26(20)22)15-5-2-1-3-6-15)12-18(13-23)29-17-8-4-7-16(11-17)21-25-24-14-28-21/h1-8,11,14,18-20H,9-10,12-13H2/t18?,19-,20+,23?/m0/s1. The number of hydrogen-bond donors (Lipinski definition) is 0. The Hall–Kier alpha value is -3.19. The predicted octanol–water partition coefficient (Wildman–Crippen LogP) is 3.74. The third kappa shape index (κ3) is 2.73. The van der Waals surface area contributed by atoms with Crippen LogP contribution in [0.25, 0.3) is 11.5 Å². The quantitative estimate of drug-likeness (QED) is 0.661. The molecule has 7 nitrogen and oxygen atoms in total. The van der Waals surface area contributed by atoms with Crippen molar-refractivity contribution in [2.75, 3.05) is 0 Å². The molecule has 1 spiro atoms. The summed E-state index contributed by atoms with van der Waals surface area (Å²) in [6, 6.07) is 17.9. The Labute approximate surface area is 173 Å². The fourth-order valence-corrected chi connectivity index (χ4v) is 4.94. The lowest BCUT2D eigenvalue weighted by atomic mass is 9.76. The molecule has 6 rings (SSSR count). The molecule has 2 saturated heterocycles. The predicted molar refractivity (Wildman–Crippen MR) is 106 cm³/mol. The molecular formula is C23H21N3O4. The Bertz CT molecular complexity index is 1060. The van der Waals surface area contributed by atoms with Crippen molar-refractivity contribution in [1.29, 1.82) is 0 Å². The highest BCUT2D eigenvalue weighted by molar-refractivity contribution is 5.89. The Morgan fingerprint density at radius 2 is 1.93 bits per heavy atom. The van der Waals surface area contributed by atoms with E-state index in [0.29, 0.717) is 18.7 Å². The van der Waals surface area contributed by atoms with Crippen LogP contribution in [0.3, 0.4) is 0 Å². The van der Waals surface area contributed by atoms with Crippen LogP contribution in [0.1, 0.15) is 37.3 Å². The highest BCUT2D eigenvalue weighted by Gasteiger charge is 2.63. The first-order valence-electron chi connectivity index (χ1n) is 10.3. The van der Waals surface area contributed by atoms with Gasteiger partial charge in [0.25, 0.3) is 5.91 Å². The van der Waals surface area contributed by atoms with E-state index < -0.39 is 5.60 Å². The highest BCUT2D eigenvalue weighted by atomic mass is 16.6. The maximum atomic E-state index is 13.3. The highest BCUT2D eigenvalue weighted by Crippen LogP contribution is 2.51. The van der Waals surface area contributed by atoms with Crippen LogP contribution < -0.4 is 4.74 Å². The summed E-state index contributed by atoms with van der Waals surface area (Å²) in [7, 11) is 0. The molecule has 0 N–H and O–H groups in total. The number of benzene rings is 2. The molecule has 2 atom stereocenters. The van der Waals surface area contributed by atoms with E-state index in [1.54, 1.807) is 0 Å². The Morgan fingerprint density at radius 1 is 1.07 bits per heavy atom. The molecule has 1 amide bonds. The summed E-state index contributed by atoms with van der Waals surface area (Å²) in [4.78, 5) is 15.3. The van der Waals surface area contributed by atoms with E-state index in [4.69, 9.17) is 13.9 Å². The van der Waals surface area contributed by atoms with Crippen molar-refractivity contribution in [3.8, 4) is 17.2 Å². The van der Waals surface area contributed by atoms with Crippen LogP contribution in [0, 0.1) is 0 Å². The first kappa shape index (κ1) is 17.7. The molecule has 1 aromatic heterocycles. The van der Waals surface area contributed by atoms with Crippen LogP contribution in [0.2, 0.25) is 0 Å². The van der Waals surface area contributed by atoms with E-state index in [9.17, 15) is 4.79 Å². The van der Waals surface area contributed by atoms with Crippen LogP contribution in [0.5, 0.6) is 5.75 Å². The van der Waals surface area contributed by atoms with Crippen LogP contribution in [0.4, 0.5) is 0 Å². The average Bonchev–Trinajstić information content (AvgIpc) is 3.47. The van der Waals surface area contributed by atoms with Crippen molar-refractivity contribution in [2.45, 2.75) is 49.7 Å². The molecule has 2 aliphatic heterocycles. The zero-order valence-electron chi connectivity index (χ0n) is 16.3. The number of hydrogen-bond acceptors (Lipinski definition) is 6. The normalized spacial score (nSPS) is 29.8. The second-order valence-electron chi connectivity index (χ2n) is 8.20. The van der Waals surface area contributed by atoms with Crippen molar-refractivity contribution >= 4 is 5.91 Å². The minimum atomic E-state index is -0.729. The van der Waals surface area contributed by atoms with Gasteiger partial charge in [-0.2, -0.15) is 0 Å². The summed E-state index contributed by atoms with van der Waals surface area (Å²) in [5, 5.41) is 7.64. The van der Waals surface area contributed by atoms with Crippen LogP contribution in [-0.2, 0) is 9.53 Å². The van der Waals surface area contributed by atoms with Gasteiger partial charge in [0.15, 0.2) is 5.60 Å². The number of fused-ring (bicyclic) bond motifs is 1. The number of carbonyl (C=O) groups is 1. The van der Waals surface area contributed by atoms with Gasteiger partial charge in [-0.05, 0) is 36.6 Å². The molecule has 0 bridgehead atoms. The molecule has 30 heavy (non-hydrogen) atoms. The summed E-state index contributed by atoms with van der Waals surface area (Å²) >= 11 is 0. The molecule has 3 aliphatic rings. The number of aromatic nitrogens is 2. The van der Waals surface area contributed by atoms with Gasteiger partial charge in [0, 0.05) is 18.4 Å². The number of rotatable bonds is 4. The van der Waals surface area contributed by atoms with Gasteiger partial charge in [-0.25, -0.2) is 0 Å². The first-order valence-corrected chi connectivity index (χ1v) is 10.3. The summed E-state index contributed by atoms with van der Waals surface area (Å²) in [6.07, 6.45) is 4.10. The van der Waals surface area contributed by atoms with Crippen molar-refractivity contribution in [2.24, 2.45) is 0 Å². The van der Waals surface area contributed by atoms with Crippen molar-refractivity contribution in [3.05, 3.63) is 66.6 Å². The van der Waals surface area contributed by atoms with Gasteiger partial charge in [0.1, 0.15) is 18.1 Å². The van der Waals surface area contributed by atoms with Gasteiger partial charge in [0.05, 0.1) is 6.04 Å². The fourth-order valence-electron chi connectivity index (χ4n) is 4.94. The molecule has 7 heteroatoms. The maximum Gasteiger partial charge on any atom is 0.257 e. The topological polar surface area (TPSA) is 77.7 Å². The summed E-state index contributed by atoms with van der Waals surface area (Å²) in [5.41, 5.74) is 1.25. The van der Waals surface area contributed by atoms with Crippen LogP contribution >= 0.6 is 0 Å². The lowest BCUT2D eigenvalue weighted by molar-refractivity contribution is -0.162. The monoisotopic (exact) mass is 403 g/mol. The van der Waals surface area contributed by atoms with Crippen molar-refractivity contribution < 1.29 is 18.7 Å². The number of amides is 1. The first-order chi connectivity index (χ1) is 14.7. The van der Waals surface area contributed by atoms with E-state index in [1.807, 2.05) is 47.4 Å². The molecule has 3 fully saturated rings. The van der Waals surface area contributed by atoms with Gasteiger partial charge in [-0.3, -0.25) is 4.79 Å². The molecule has 0 unspecified atom stereocenters. The fraction of sp³-hybridized carbons (Fsp3) is 0.348. The van der Waals surface area contributed by atoms with Gasteiger partial charge in [-0.15, -0.1) is 10.2 Å². The molecule has 3 heterocycles. The molecule has 152 valence electrons. The number of carbonyl (C=O) groups excluding carboxylic acids is 1. The smallest absolute Gasteiger partial charge is 0.257 e. The third-order valence-corrected chi connectivity index (χ3v) is 6.36. The molecule has 3 aromatic rings. The van der Waals surface area contributed by atoms with Gasteiger partial charge < -0.3 is 18.8 Å². The molecule has 1 saturated carbocycles. The lowest BCUT2D eigenvalue weighted by Gasteiger charge is -2.42. The van der Waals surface area contributed by atoms with E-state index in [0.717, 1.165) is 24.2 Å². The zero-order valence-corrected chi connectivity index (χ0v) is 16.3. The van der Waals surface area contributed by atoms with Crippen LogP contribution in [0.15, 0.2) is 65.4 Å². The Kier molecular flexibility index (Phi) is 3.92. The zero-order chi connectivity index (χ0) is 20.1. The largest absolute Gasteiger partial charge is 0.490 e. The molecule has 1 aliphatic carbocycles. The van der Waals surface area contributed by atoms with Crippen molar-refractivity contribution in [3.63, 3.8) is 0 Å². The number of nitrogens with zero attached hydrogens (tertiary/aromatic N) is 3. The van der Waals surface area contributed by atoms with Gasteiger partial charge in [0.2, 0.25) is 12.3 Å². The Balaban J connectivity index is 1.14. The van der Waals surface area contributed by atoms with Gasteiger partial charge in [-0.1, -0.05) is 36.4 Å². The van der Waals surface area contributed by atoms with E-state index in [-0.39, 0.29) is 24.3 Å². The van der Waals surface area contributed by atoms with Gasteiger partial charge >= 0.3 is 0 Å². The Morgan fingerprint density at radius 3 is 2.73 bits per heavy atom. The summed E-state index contributed by atoms with van der Waals surface area (Å²) in [6.45, 7) is 0. The van der Waals surface area contributed by atoms with E-state index >= 15 is 0 Å². The van der Waals surface area contributed by atoms with Crippen LogP contribution in [-0.4, -0.2) is 38.9 Å². The maximum absolute atomic E-state index is 13.3.